The lowest BCUT2D eigenvalue weighted by atomic mass is 10.6. The van der Waals surface area contributed by atoms with Crippen LogP contribution in [0.15, 0.2) is 16.9 Å². The molecule has 0 aliphatic rings. The molecule has 0 amide bonds. The molecule has 9 heavy (non-hydrogen) atoms. The van der Waals surface area contributed by atoms with Crippen LogP contribution in [0, 0.1) is 0 Å². The summed E-state index contributed by atoms with van der Waals surface area (Å²) in [5, 5.41) is 0.528. The Balaban J connectivity index is 3.83. The molecule has 4 N–H and O–H groups in total. The van der Waals surface area contributed by atoms with E-state index in [2.05, 4.69) is 4.99 Å². The Morgan fingerprint density at radius 3 is 2.44 bits per heavy atom. The Hall–Kier alpha value is -0.640. The van der Waals surface area contributed by atoms with Gasteiger partial charge in [-0.3, -0.25) is 0 Å². The first-order chi connectivity index (χ1) is 4.16. The third-order valence-electron chi connectivity index (χ3n) is 0.605. The van der Waals surface area contributed by atoms with Crippen molar-refractivity contribution in [1.82, 2.24) is 0 Å². The van der Waals surface area contributed by atoms with Crippen molar-refractivity contribution in [3.63, 3.8) is 0 Å². The first-order valence-electron chi connectivity index (χ1n) is 2.46. The van der Waals surface area contributed by atoms with E-state index in [1.165, 1.54) is 18.0 Å². The molecule has 0 spiro atoms. The zero-order valence-electron chi connectivity index (χ0n) is 5.59. The molecule has 0 unspecified atom stereocenters. The van der Waals surface area contributed by atoms with Crippen LogP contribution in [0.3, 0.4) is 0 Å². The summed E-state index contributed by atoms with van der Waals surface area (Å²) in [6, 6.07) is 0. The topological polar surface area (TPSA) is 64.4 Å². The van der Waals surface area contributed by atoms with Gasteiger partial charge in [0.1, 0.15) is 0 Å². The van der Waals surface area contributed by atoms with E-state index in [-0.39, 0.29) is 0 Å². The number of thioether (sulfide) groups is 1. The fourth-order valence-corrected chi connectivity index (χ4v) is 0.376. The van der Waals surface area contributed by atoms with Crippen LogP contribution in [0.5, 0.6) is 0 Å². The van der Waals surface area contributed by atoms with E-state index < -0.39 is 0 Å². The van der Waals surface area contributed by atoms with Gasteiger partial charge in [0, 0.05) is 11.9 Å². The fourth-order valence-electron chi connectivity index (χ4n) is 0.218. The van der Waals surface area contributed by atoms with Crippen LogP contribution >= 0.6 is 11.8 Å². The third-order valence-corrected chi connectivity index (χ3v) is 1.13. The lowest BCUT2D eigenvalue weighted by molar-refractivity contribution is 1.27. The average molecular weight is 145 g/mol. The van der Waals surface area contributed by atoms with Gasteiger partial charge in [-0.1, -0.05) is 11.8 Å². The smallest absolute Gasteiger partial charge is 0.158 e. The van der Waals surface area contributed by atoms with Crippen LogP contribution in [0.2, 0.25) is 0 Å². The first-order valence-corrected chi connectivity index (χ1v) is 3.68. The molecule has 0 fully saturated rings. The largest absolute Gasteiger partial charge is 0.401 e. The van der Waals surface area contributed by atoms with E-state index in [4.69, 9.17) is 11.5 Å². The number of hydrogen-bond acceptors (Lipinski definition) is 3. The van der Waals surface area contributed by atoms with Gasteiger partial charge in [-0.05, 0) is 13.2 Å². The van der Waals surface area contributed by atoms with Gasteiger partial charge in [-0.25, -0.2) is 4.99 Å². The molecule has 0 aromatic carbocycles. The highest BCUT2D eigenvalue weighted by Gasteiger charge is 1.81. The van der Waals surface area contributed by atoms with Crippen molar-refractivity contribution in [3.8, 4) is 0 Å². The molecule has 4 heteroatoms. The predicted molar refractivity (Wildman–Crippen MR) is 43.1 cm³/mol. The van der Waals surface area contributed by atoms with Crippen LogP contribution in [0.25, 0.3) is 0 Å². The summed E-state index contributed by atoms with van der Waals surface area (Å²) in [5.41, 5.74) is 11.3. The zero-order chi connectivity index (χ0) is 7.28. The van der Waals surface area contributed by atoms with Crippen LogP contribution < -0.4 is 11.5 Å². The number of allylic oxidation sites excluding steroid dienone is 1. The van der Waals surface area contributed by atoms with Crippen molar-refractivity contribution in [1.29, 1.82) is 0 Å². The molecule has 3 nitrogen and oxygen atoms in total. The van der Waals surface area contributed by atoms with E-state index in [0.29, 0.717) is 10.9 Å². The zero-order valence-corrected chi connectivity index (χ0v) is 6.40. The second kappa shape index (κ2) is 4.26. The summed E-state index contributed by atoms with van der Waals surface area (Å²) < 4.78 is 0. The fraction of sp³-hybridized carbons (Fsp3) is 0.400. The van der Waals surface area contributed by atoms with E-state index in [0.717, 1.165) is 0 Å². The Kier molecular flexibility index (Phi) is 3.96. The minimum absolute atomic E-state index is 0.528. The quantitative estimate of drug-likeness (QED) is 0.417. The maximum absolute atomic E-state index is 5.33. The molecule has 52 valence electrons. The van der Waals surface area contributed by atoms with Gasteiger partial charge in [0.15, 0.2) is 5.17 Å². The minimum Gasteiger partial charge on any atom is -0.401 e. The number of amidine groups is 1. The van der Waals surface area contributed by atoms with Crippen LogP contribution in [-0.4, -0.2) is 11.4 Å². The maximum Gasteiger partial charge on any atom is 0.158 e. The second-order valence-electron chi connectivity index (χ2n) is 1.54. The molecule has 0 aliphatic carbocycles. The molecule has 0 aliphatic heterocycles. The van der Waals surface area contributed by atoms with E-state index in [9.17, 15) is 0 Å². The van der Waals surface area contributed by atoms with Crippen LogP contribution in [0.1, 0.15) is 6.92 Å². The maximum atomic E-state index is 5.33. The molecule has 0 saturated carbocycles. The predicted octanol–water partition coefficient (Wildman–Crippen LogP) is 0.484. The Morgan fingerprint density at radius 2 is 2.11 bits per heavy atom. The summed E-state index contributed by atoms with van der Waals surface area (Å²) in [4.78, 5) is 3.81. The highest BCUT2D eigenvalue weighted by atomic mass is 32.2. The summed E-state index contributed by atoms with van der Waals surface area (Å²) in [7, 11) is 0. The van der Waals surface area contributed by atoms with Crippen molar-refractivity contribution in [2.24, 2.45) is 16.5 Å². The van der Waals surface area contributed by atoms with Crippen molar-refractivity contribution in [3.05, 3.63) is 11.9 Å². The Labute approximate surface area is 59.2 Å². The number of nitrogens with two attached hydrogens (primary N) is 2. The van der Waals surface area contributed by atoms with E-state index in [1.807, 2.05) is 6.26 Å². The van der Waals surface area contributed by atoms with Crippen LogP contribution in [0.4, 0.5) is 0 Å². The molecular weight excluding hydrogens is 134 g/mol. The number of rotatable bonds is 1. The van der Waals surface area contributed by atoms with Gasteiger partial charge in [0.05, 0.1) is 0 Å². The van der Waals surface area contributed by atoms with E-state index in [1.54, 1.807) is 6.92 Å². The minimum atomic E-state index is 0.528. The summed E-state index contributed by atoms with van der Waals surface area (Å²) in [5.74, 6) is 0. The molecule has 0 aromatic rings. The highest BCUT2D eigenvalue weighted by Crippen LogP contribution is 1.91. The van der Waals surface area contributed by atoms with Crippen LogP contribution in [-0.2, 0) is 0 Å². The molecule has 0 radical (unpaired) electrons. The lowest BCUT2D eigenvalue weighted by Crippen LogP contribution is -2.04. The number of nitrogens with zero attached hydrogens (tertiary/aromatic N) is 1. The van der Waals surface area contributed by atoms with Crippen molar-refractivity contribution in [2.75, 3.05) is 6.26 Å². The summed E-state index contributed by atoms with van der Waals surface area (Å²) in [6.07, 6.45) is 3.39. The normalized spacial score (nSPS) is 14.0. The van der Waals surface area contributed by atoms with E-state index >= 15 is 0 Å². The van der Waals surface area contributed by atoms with Crippen molar-refractivity contribution < 1.29 is 0 Å². The molecule has 0 bridgehead atoms. The van der Waals surface area contributed by atoms with Crippen molar-refractivity contribution in [2.45, 2.75) is 6.92 Å². The standard InChI is InChI=1S/C5H11N3S/c1-4(6)3-8-5(7)9-2/h3H,6H2,1-2H3,(H2,7,8)/b4-3-. The van der Waals surface area contributed by atoms with Gasteiger partial charge in [-0.2, -0.15) is 0 Å². The average Bonchev–Trinajstić information content (AvgIpc) is 1.83. The van der Waals surface area contributed by atoms with Crippen molar-refractivity contribution >= 4 is 16.9 Å². The van der Waals surface area contributed by atoms with Gasteiger partial charge in [0.25, 0.3) is 0 Å². The van der Waals surface area contributed by atoms with Gasteiger partial charge in [0.2, 0.25) is 0 Å². The summed E-state index contributed by atoms with van der Waals surface area (Å²) >= 11 is 1.39. The van der Waals surface area contributed by atoms with Gasteiger partial charge in [-0.15, -0.1) is 0 Å². The Morgan fingerprint density at radius 1 is 1.56 bits per heavy atom. The Bertz CT molecular complexity index is 135. The molecule has 0 atom stereocenters. The molecule has 0 heterocycles. The molecule has 0 saturated heterocycles. The molecular formula is C5H11N3S. The lowest BCUT2D eigenvalue weighted by Gasteiger charge is -1.89. The number of aliphatic imine (C=N–C) groups is 1. The SMILES string of the molecule is CSC(N)=N/C=C(/C)N. The molecule has 0 aromatic heterocycles. The van der Waals surface area contributed by atoms with Gasteiger partial charge < -0.3 is 11.5 Å². The highest BCUT2D eigenvalue weighted by molar-refractivity contribution is 8.13. The summed E-state index contributed by atoms with van der Waals surface area (Å²) in [6.45, 7) is 1.76. The third kappa shape index (κ3) is 5.23. The first kappa shape index (κ1) is 8.36. The number of hydrogen-bond donors (Lipinski definition) is 2. The van der Waals surface area contributed by atoms with Gasteiger partial charge >= 0.3 is 0 Å². The second-order valence-corrected chi connectivity index (χ2v) is 2.37. The monoisotopic (exact) mass is 145 g/mol. The molecule has 0 rings (SSSR count).